The summed E-state index contributed by atoms with van der Waals surface area (Å²) in [5, 5.41) is 2.98. The third kappa shape index (κ3) is 7.72. The van der Waals surface area contributed by atoms with Gasteiger partial charge in [-0.15, -0.1) is 0 Å². The summed E-state index contributed by atoms with van der Waals surface area (Å²) in [4.78, 5) is 0. The first-order valence-corrected chi connectivity index (χ1v) is 6.90. The van der Waals surface area contributed by atoms with Gasteiger partial charge in [0.25, 0.3) is 0 Å². The lowest BCUT2D eigenvalue weighted by Gasteiger charge is -2.15. The Kier molecular flexibility index (Phi) is 7.95. The molecule has 0 aromatic rings. The minimum atomic E-state index is -3.18. The van der Waals surface area contributed by atoms with Gasteiger partial charge in [0.1, 0.15) is 0 Å². The first-order chi connectivity index (χ1) is 7.05. The topological polar surface area (TPSA) is 67.4 Å². The largest absolute Gasteiger partial charge is 0.383 e. The summed E-state index contributed by atoms with van der Waals surface area (Å²) < 4.78 is 30.6. The van der Waals surface area contributed by atoms with Crippen LogP contribution in [0.5, 0.6) is 0 Å². The highest BCUT2D eigenvalue weighted by Gasteiger charge is 2.15. The fourth-order valence-electron chi connectivity index (χ4n) is 1.13. The van der Waals surface area contributed by atoms with Crippen LogP contribution in [-0.4, -0.2) is 47.0 Å². The Bertz CT molecular complexity index is 242. The molecule has 5 nitrogen and oxygen atoms in total. The van der Waals surface area contributed by atoms with Crippen molar-refractivity contribution >= 4 is 10.0 Å². The van der Waals surface area contributed by atoms with Crippen molar-refractivity contribution in [3.8, 4) is 0 Å². The molecule has 0 aromatic carbocycles. The molecule has 0 radical (unpaired) electrons. The summed E-state index contributed by atoms with van der Waals surface area (Å²) in [6.45, 7) is 5.55. The van der Waals surface area contributed by atoms with E-state index in [1.807, 2.05) is 13.8 Å². The molecule has 0 spiro atoms. The molecule has 0 heterocycles. The number of hydrogen-bond donors (Lipinski definition) is 2. The van der Waals surface area contributed by atoms with Crippen LogP contribution in [0.2, 0.25) is 0 Å². The third-order valence-electron chi connectivity index (χ3n) is 2.00. The molecular formula is C9H22N2O3S. The monoisotopic (exact) mass is 238 g/mol. The second kappa shape index (κ2) is 8.04. The zero-order valence-corrected chi connectivity index (χ0v) is 10.6. The van der Waals surface area contributed by atoms with E-state index in [9.17, 15) is 8.42 Å². The summed E-state index contributed by atoms with van der Waals surface area (Å²) >= 11 is 0. The molecule has 0 bridgehead atoms. The number of hydrogen-bond acceptors (Lipinski definition) is 4. The van der Waals surface area contributed by atoms with Gasteiger partial charge in [-0.05, 0) is 13.0 Å². The molecule has 6 heteroatoms. The molecule has 0 aliphatic heterocycles. The van der Waals surface area contributed by atoms with Crippen LogP contribution in [0.3, 0.4) is 0 Å². The molecule has 92 valence electrons. The zero-order chi connectivity index (χ0) is 11.7. The molecule has 1 atom stereocenters. The zero-order valence-electron chi connectivity index (χ0n) is 9.75. The Morgan fingerprint density at radius 2 is 2.00 bits per heavy atom. The molecule has 0 aliphatic rings. The molecule has 15 heavy (non-hydrogen) atoms. The SMILES string of the molecule is CCNCCS(=O)(=O)NC(CC)COC. The van der Waals surface area contributed by atoms with E-state index in [4.69, 9.17) is 4.74 Å². The van der Waals surface area contributed by atoms with E-state index >= 15 is 0 Å². The van der Waals surface area contributed by atoms with Gasteiger partial charge in [0.15, 0.2) is 0 Å². The van der Waals surface area contributed by atoms with Gasteiger partial charge in [-0.3, -0.25) is 0 Å². The lowest BCUT2D eigenvalue weighted by Crippen LogP contribution is -2.40. The maximum Gasteiger partial charge on any atom is 0.213 e. The van der Waals surface area contributed by atoms with E-state index in [0.29, 0.717) is 13.2 Å². The van der Waals surface area contributed by atoms with Gasteiger partial charge in [-0.1, -0.05) is 13.8 Å². The molecule has 0 rings (SSSR count). The van der Waals surface area contributed by atoms with Gasteiger partial charge in [-0.25, -0.2) is 13.1 Å². The quantitative estimate of drug-likeness (QED) is 0.552. The highest BCUT2D eigenvalue weighted by molar-refractivity contribution is 7.89. The van der Waals surface area contributed by atoms with Crippen LogP contribution in [0.25, 0.3) is 0 Å². The van der Waals surface area contributed by atoms with Crippen molar-refractivity contribution in [2.75, 3.05) is 32.6 Å². The number of rotatable bonds is 9. The molecular weight excluding hydrogens is 216 g/mol. The van der Waals surface area contributed by atoms with Crippen molar-refractivity contribution < 1.29 is 13.2 Å². The lowest BCUT2D eigenvalue weighted by molar-refractivity contribution is 0.173. The number of sulfonamides is 1. The van der Waals surface area contributed by atoms with Crippen LogP contribution in [0.1, 0.15) is 20.3 Å². The summed E-state index contributed by atoms with van der Waals surface area (Å²) in [6.07, 6.45) is 0.730. The predicted molar refractivity (Wildman–Crippen MR) is 61.4 cm³/mol. The van der Waals surface area contributed by atoms with E-state index in [0.717, 1.165) is 13.0 Å². The van der Waals surface area contributed by atoms with Crippen molar-refractivity contribution in [2.24, 2.45) is 0 Å². The minimum Gasteiger partial charge on any atom is -0.383 e. The van der Waals surface area contributed by atoms with Crippen molar-refractivity contribution in [2.45, 2.75) is 26.3 Å². The average Bonchev–Trinajstić information content (AvgIpc) is 2.17. The van der Waals surface area contributed by atoms with E-state index in [2.05, 4.69) is 10.0 Å². The maximum atomic E-state index is 11.5. The minimum absolute atomic E-state index is 0.112. The number of ether oxygens (including phenoxy) is 1. The smallest absolute Gasteiger partial charge is 0.213 e. The van der Waals surface area contributed by atoms with Crippen LogP contribution in [-0.2, 0) is 14.8 Å². The standard InChI is InChI=1S/C9H22N2O3S/c1-4-9(8-14-3)11-15(12,13)7-6-10-5-2/h9-11H,4-8H2,1-3H3. The second-order valence-electron chi connectivity index (χ2n) is 3.35. The first kappa shape index (κ1) is 14.8. The molecule has 0 saturated heterocycles. The molecule has 2 N–H and O–H groups in total. The van der Waals surface area contributed by atoms with Crippen LogP contribution in [0.15, 0.2) is 0 Å². The fourth-order valence-corrected chi connectivity index (χ4v) is 2.41. The van der Waals surface area contributed by atoms with Crippen LogP contribution in [0.4, 0.5) is 0 Å². The van der Waals surface area contributed by atoms with Gasteiger partial charge < -0.3 is 10.1 Å². The Hall–Kier alpha value is -0.170. The van der Waals surface area contributed by atoms with Crippen molar-refractivity contribution in [3.05, 3.63) is 0 Å². The molecule has 0 aromatic heterocycles. The third-order valence-corrected chi connectivity index (χ3v) is 3.44. The fraction of sp³-hybridized carbons (Fsp3) is 1.00. The van der Waals surface area contributed by atoms with Gasteiger partial charge in [0.2, 0.25) is 10.0 Å². The maximum absolute atomic E-state index is 11.5. The Labute approximate surface area is 92.6 Å². The molecule has 0 fully saturated rings. The summed E-state index contributed by atoms with van der Waals surface area (Å²) in [5.41, 5.74) is 0. The second-order valence-corrected chi connectivity index (χ2v) is 5.22. The van der Waals surface area contributed by atoms with Crippen LogP contribution < -0.4 is 10.0 Å². The summed E-state index contributed by atoms with van der Waals surface area (Å²) in [5.74, 6) is 0.112. The molecule has 0 saturated carbocycles. The predicted octanol–water partition coefficient (Wildman–Crippen LogP) is -0.0597. The van der Waals surface area contributed by atoms with E-state index < -0.39 is 10.0 Å². The molecule has 0 amide bonds. The normalized spacial score (nSPS) is 14.1. The Morgan fingerprint density at radius 3 is 2.47 bits per heavy atom. The summed E-state index contributed by atoms with van der Waals surface area (Å²) in [7, 11) is -1.61. The Morgan fingerprint density at radius 1 is 1.33 bits per heavy atom. The molecule has 0 aliphatic carbocycles. The Balaban J connectivity index is 3.99. The summed E-state index contributed by atoms with van der Waals surface area (Å²) in [6, 6.07) is -0.123. The average molecular weight is 238 g/mol. The van der Waals surface area contributed by atoms with Gasteiger partial charge >= 0.3 is 0 Å². The lowest BCUT2D eigenvalue weighted by atomic mass is 10.3. The first-order valence-electron chi connectivity index (χ1n) is 5.25. The van der Waals surface area contributed by atoms with E-state index in [1.54, 1.807) is 7.11 Å². The molecule has 1 unspecified atom stereocenters. The van der Waals surface area contributed by atoms with Gasteiger partial charge in [-0.2, -0.15) is 0 Å². The highest BCUT2D eigenvalue weighted by Crippen LogP contribution is 1.95. The van der Waals surface area contributed by atoms with E-state index in [-0.39, 0.29) is 11.8 Å². The number of nitrogens with one attached hydrogen (secondary N) is 2. The van der Waals surface area contributed by atoms with Gasteiger partial charge in [0.05, 0.1) is 12.4 Å². The van der Waals surface area contributed by atoms with Crippen molar-refractivity contribution in [1.82, 2.24) is 10.0 Å². The van der Waals surface area contributed by atoms with Crippen molar-refractivity contribution in [1.29, 1.82) is 0 Å². The van der Waals surface area contributed by atoms with Gasteiger partial charge in [0, 0.05) is 19.7 Å². The highest BCUT2D eigenvalue weighted by atomic mass is 32.2. The van der Waals surface area contributed by atoms with Crippen molar-refractivity contribution in [3.63, 3.8) is 0 Å². The van der Waals surface area contributed by atoms with Crippen LogP contribution >= 0.6 is 0 Å². The number of methoxy groups -OCH3 is 1. The van der Waals surface area contributed by atoms with E-state index in [1.165, 1.54) is 0 Å². The van der Waals surface area contributed by atoms with Crippen LogP contribution in [0, 0.1) is 0 Å².